The van der Waals surface area contributed by atoms with E-state index >= 15 is 0 Å². The highest BCUT2D eigenvalue weighted by atomic mass is 32.1. The zero-order valence-electron chi connectivity index (χ0n) is 21.3. The number of hydrogen-bond acceptors (Lipinski definition) is 5. The maximum atomic E-state index is 14.2. The molecule has 2 aliphatic rings. The van der Waals surface area contributed by atoms with Crippen LogP contribution in [0.3, 0.4) is 0 Å². The number of anilines is 2. The van der Waals surface area contributed by atoms with Crippen molar-refractivity contribution in [1.29, 1.82) is 0 Å². The van der Waals surface area contributed by atoms with Gasteiger partial charge in [0.15, 0.2) is 5.78 Å². The van der Waals surface area contributed by atoms with E-state index in [2.05, 4.69) is 5.32 Å². The first kappa shape index (κ1) is 24.2. The molecule has 4 aromatic rings. The molecule has 0 spiro atoms. The average molecular weight is 521 g/mol. The first-order chi connectivity index (χ1) is 18.5. The number of allylic oxidation sites excluding steroid dienone is 1. The number of ether oxygens (including phenoxy) is 1. The number of nitrogens with zero attached hydrogens (tertiary/aromatic N) is 1. The Kier molecular flexibility index (Phi) is 6.34. The minimum absolute atomic E-state index is 0.0360. The van der Waals surface area contributed by atoms with Crippen LogP contribution in [0.2, 0.25) is 0 Å². The van der Waals surface area contributed by atoms with Gasteiger partial charge in [-0.25, -0.2) is 0 Å². The lowest BCUT2D eigenvalue weighted by atomic mass is 9.79. The van der Waals surface area contributed by atoms with E-state index in [0.717, 1.165) is 38.8 Å². The molecule has 38 heavy (non-hydrogen) atoms. The Balaban J connectivity index is 1.52. The van der Waals surface area contributed by atoms with Crippen molar-refractivity contribution in [2.45, 2.75) is 31.7 Å². The lowest BCUT2D eigenvalue weighted by molar-refractivity contribution is -0.116. The number of amides is 1. The van der Waals surface area contributed by atoms with E-state index in [4.69, 9.17) is 4.74 Å². The highest BCUT2D eigenvalue weighted by Crippen LogP contribution is 2.49. The smallest absolute Gasteiger partial charge is 0.259 e. The number of carbonyl (C=O) groups is 2. The van der Waals surface area contributed by atoms with Crippen molar-refractivity contribution in [2.24, 2.45) is 0 Å². The molecular weight excluding hydrogens is 492 g/mol. The summed E-state index contributed by atoms with van der Waals surface area (Å²) in [4.78, 5) is 31.1. The number of carbonyl (C=O) groups excluding carboxylic acids is 2. The second kappa shape index (κ2) is 9.95. The van der Waals surface area contributed by atoms with Gasteiger partial charge in [0.25, 0.3) is 5.91 Å². The molecule has 0 saturated carbocycles. The third-order valence-corrected chi connectivity index (χ3v) is 8.30. The number of hydrogen-bond donors (Lipinski definition) is 1. The lowest BCUT2D eigenvalue weighted by Crippen LogP contribution is -2.38. The number of fused-ring (bicyclic) bond motifs is 1. The summed E-state index contributed by atoms with van der Waals surface area (Å²) >= 11 is 1.57. The van der Waals surface area contributed by atoms with E-state index in [0.29, 0.717) is 24.0 Å². The minimum Gasteiger partial charge on any atom is -0.497 e. The summed E-state index contributed by atoms with van der Waals surface area (Å²) in [6.45, 7) is 2.02. The van der Waals surface area contributed by atoms with Crippen LogP contribution in [-0.4, -0.2) is 18.8 Å². The van der Waals surface area contributed by atoms with Crippen molar-refractivity contribution >= 4 is 34.4 Å². The molecule has 1 amide bonds. The number of thiophene rings is 1. The molecule has 1 aliphatic carbocycles. The van der Waals surface area contributed by atoms with Gasteiger partial charge in [0, 0.05) is 28.1 Å². The molecule has 0 saturated heterocycles. The fourth-order valence-corrected chi connectivity index (χ4v) is 6.34. The highest BCUT2D eigenvalue weighted by molar-refractivity contribution is 7.10. The fourth-order valence-electron chi connectivity index (χ4n) is 5.52. The van der Waals surface area contributed by atoms with Gasteiger partial charge >= 0.3 is 0 Å². The molecule has 1 aromatic heterocycles. The summed E-state index contributed by atoms with van der Waals surface area (Å²) in [7, 11) is 1.65. The zero-order chi connectivity index (χ0) is 26.2. The van der Waals surface area contributed by atoms with Crippen molar-refractivity contribution < 1.29 is 14.3 Å². The maximum Gasteiger partial charge on any atom is 0.259 e. The summed E-state index contributed by atoms with van der Waals surface area (Å²) in [5, 5.41) is 5.62. The van der Waals surface area contributed by atoms with Crippen LogP contribution < -0.4 is 15.0 Å². The van der Waals surface area contributed by atoms with E-state index in [9.17, 15) is 9.59 Å². The van der Waals surface area contributed by atoms with Gasteiger partial charge in [0.1, 0.15) is 11.8 Å². The van der Waals surface area contributed by atoms with E-state index < -0.39 is 6.04 Å². The minimum atomic E-state index is -0.516. The summed E-state index contributed by atoms with van der Waals surface area (Å²) < 4.78 is 5.33. The van der Waals surface area contributed by atoms with Gasteiger partial charge in [-0.3, -0.25) is 14.5 Å². The SMILES string of the molecule is COc1ccc([C@@H]2CC(=O)C3=C(C2)Nc2ccc(C)cc2N(C(=O)c2ccccc2)[C@@H]3c2cccs2)cc1. The molecule has 0 unspecified atom stereocenters. The fraction of sp³-hybridized carbons (Fsp3) is 0.188. The van der Waals surface area contributed by atoms with Crippen molar-refractivity contribution in [1.82, 2.24) is 0 Å². The van der Waals surface area contributed by atoms with E-state index in [1.807, 2.05) is 102 Å². The Morgan fingerprint density at radius 2 is 1.76 bits per heavy atom. The summed E-state index contributed by atoms with van der Waals surface area (Å²) in [6.07, 6.45) is 1.06. The third-order valence-electron chi connectivity index (χ3n) is 7.38. The second-order valence-electron chi connectivity index (χ2n) is 9.80. The normalized spacial score (nSPS) is 18.8. The Hall–Kier alpha value is -4.16. The van der Waals surface area contributed by atoms with Crippen molar-refractivity contribution in [3.63, 3.8) is 0 Å². The molecule has 1 N–H and O–H groups in total. The van der Waals surface area contributed by atoms with Crippen LogP contribution >= 0.6 is 11.3 Å². The topological polar surface area (TPSA) is 58.6 Å². The van der Waals surface area contributed by atoms with Crippen molar-refractivity contribution in [3.05, 3.63) is 123 Å². The molecular formula is C32H28N2O3S. The van der Waals surface area contributed by atoms with Gasteiger partial charge in [0.2, 0.25) is 0 Å². The molecule has 0 fully saturated rings. The summed E-state index contributed by atoms with van der Waals surface area (Å²) in [6, 6.07) is 26.8. The Morgan fingerprint density at radius 1 is 0.974 bits per heavy atom. The van der Waals surface area contributed by atoms with Crippen molar-refractivity contribution in [3.8, 4) is 5.75 Å². The summed E-state index contributed by atoms with van der Waals surface area (Å²) in [5.41, 5.74) is 5.90. The standard InChI is InChI=1S/C32H28N2O3S/c1-20-10-15-25-27(17-20)34(32(36)22-7-4-3-5-8-22)31(29-9-6-16-38-29)30-26(33-25)18-23(19-28(30)35)21-11-13-24(37-2)14-12-21/h3-17,23,31,33H,18-19H2,1-2H3/t23-,31+/m0/s1. The van der Waals surface area contributed by atoms with Crippen LogP contribution in [0.5, 0.6) is 5.75 Å². The highest BCUT2D eigenvalue weighted by Gasteiger charge is 2.42. The molecule has 1 aliphatic heterocycles. The largest absolute Gasteiger partial charge is 0.497 e. The van der Waals surface area contributed by atoms with Crippen LogP contribution in [-0.2, 0) is 4.79 Å². The van der Waals surface area contributed by atoms with Crippen LogP contribution in [0.25, 0.3) is 0 Å². The Morgan fingerprint density at radius 3 is 2.47 bits per heavy atom. The van der Waals surface area contributed by atoms with E-state index in [1.165, 1.54) is 0 Å². The monoisotopic (exact) mass is 520 g/mol. The first-order valence-corrected chi connectivity index (χ1v) is 13.6. The summed E-state index contributed by atoms with van der Waals surface area (Å²) in [5.74, 6) is 0.763. The molecule has 5 nitrogen and oxygen atoms in total. The van der Waals surface area contributed by atoms with Gasteiger partial charge in [-0.15, -0.1) is 11.3 Å². The number of Topliss-reactive ketones (excluding diaryl/α,β-unsaturated/α-hetero) is 1. The van der Waals surface area contributed by atoms with E-state index in [-0.39, 0.29) is 17.6 Å². The molecule has 6 heteroatoms. The van der Waals surface area contributed by atoms with Crippen LogP contribution in [0, 0.1) is 6.92 Å². The zero-order valence-corrected chi connectivity index (χ0v) is 22.1. The quantitative estimate of drug-likeness (QED) is 0.307. The third kappa shape index (κ3) is 4.31. The number of ketones is 1. The average Bonchev–Trinajstić information content (AvgIpc) is 3.43. The molecule has 2 heterocycles. The number of nitrogens with one attached hydrogen (secondary N) is 1. The Labute approximate surface area is 226 Å². The number of rotatable bonds is 4. The predicted octanol–water partition coefficient (Wildman–Crippen LogP) is 7.28. The van der Waals surface area contributed by atoms with Crippen LogP contribution in [0.15, 0.2) is 102 Å². The lowest BCUT2D eigenvalue weighted by Gasteiger charge is -2.34. The molecule has 0 bridgehead atoms. The van der Waals surface area contributed by atoms with Gasteiger partial charge in [-0.2, -0.15) is 0 Å². The molecule has 0 radical (unpaired) electrons. The predicted molar refractivity (Wildman–Crippen MR) is 152 cm³/mol. The van der Waals surface area contributed by atoms with Gasteiger partial charge in [-0.05, 0) is 78.2 Å². The van der Waals surface area contributed by atoms with Gasteiger partial charge in [0.05, 0.1) is 18.5 Å². The van der Waals surface area contributed by atoms with Crippen LogP contribution in [0.1, 0.15) is 51.2 Å². The molecule has 3 aromatic carbocycles. The van der Waals surface area contributed by atoms with E-state index in [1.54, 1.807) is 18.4 Å². The molecule has 2 atom stereocenters. The first-order valence-electron chi connectivity index (χ1n) is 12.7. The second-order valence-corrected chi connectivity index (χ2v) is 10.8. The number of aryl methyl sites for hydroxylation is 1. The molecule has 190 valence electrons. The number of methoxy groups -OCH3 is 1. The van der Waals surface area contributed by atoms with Crippen molar-refractivity contribution in [2.75, 3.05) is 17.3 Å². The van der Waals surface area contributed by atoms with Gasteiger partial charge < -0.3 is 10.1 Å². The number of benzene rings is 3. The van der Waals surface area contributed by atoms with Crippen LogP contribution in [0.4, 0.5) is 11.4 Å². The van der Waals surface area contributed by atoms with Gasteiger partial charge in [-0.1, -0.05) is 42.5 Å². The Bertz CT molecular complexity index is 1520. The molecule has 6 rings (SSSR count). The maximum absolute atomic E-state index is 14.2.